The smallest absolute Gasteiger partial charge is 0.163 e. The molecule has 0 atom stereocenters. The Labute approximate surface area is 177 Å². The number of ketones is 1. The van der Waals surface area contributed by atoms with E-state index in [1.165, 1.54) is 64.6 Å². The highest BCUT2D eigenvalue weighted by atomic mass is 16.1. The van der Waals surface area contributed by atoms with Crippen molar-refractivity contribution >= 4 is 11.4 Å². The minimum atomic E-state index is 0.301. The maximum Gasteiger partial charge on any atom is 0.163 e. The molecule has 2 aliphatic rings. The SMILES string of the molecule is C=C(C)c1ccc(C)c2c1Cc1ccc3c(c1-2)CCC3=O.CCCC(CC)CC. The molecule has 0 heterocycles. The van der Waals surface area contributed by atoms with Gasteiger partial charge in [0.1, 0.15) is 0 Å². The first-order valence-corrected chi connectivity index (χ1v) is 11.4. The van der Waals surface area contributed by atoms with Crippen LogP contribution in [0.2, 0.25) is 0 Å². The zero-order chi connectivity index (χ0) is 21.1. The summed E-state index contributed by atoms with van der Waals surface area (Å²) in [6.45, 7) is 15.2. The van der Waals surface area contributed by atoms with E-state index in [1.807, 2.05) is 6.07 Å². The first kappa shape index (κ1) is 21.6. The van der Waals surface area contributed by atoms with E-state index in [2.05, 4.69) is 59.4 Å². The maximum absolute atomic E-state index is 12.0. The molecule has 29 heavy (non-hydrogen) atoms. The molecule has 0 aromatic heterocycles. The summed E-state index contributed by atoms with van der Waals surface area (Å²) in [7, 11) is 0. The van der Waals surface area contributed by atoms with Crippen LogP contribution in [0.1, 0.15) is 98.0 Å². The molecule has 2 aromatic rings. The van der Waals surface area contributed by atoms with E-state index in [9.17, 15) is 4.79 Å². The van der Waals surface area contributed by atoms with Gasteiger partial charge in [-0.25, -0.2) is 0 Å². The number of hydrogen-bond acceptors (Lipinski definition) is 1. The Morgan fingerprint density at radius 3 is 2.31 bits per heavy atom. The van der Waals surface area contributed by atoms with Crippen LogP contribution < -0.4 is 0 Å². The van der Waals surface area contributed by atoms with Crippen LogP contribution in [0, 0.1) is 12.8 Å². The molecule has 154 valence electrons. The van der Waals surface area contributed by atoms with Gasteiger partial charge < -0.3 is 0 Å². The minimum Gasteiger partial charge on any atom is -0.294 e. The highest BCUT2D eigenvalue weighted by Crippen LogP contribution is 2.46. The zero-order valence-electron chi connectivity index (χ0n) is 19.0. The molecule has 2 aliphatic carbocycles. The quantitative estimate of drug-likeness (QED) is 0.433. The Balaban J connectivity index is 0.000000258. The van der Waals surface area contributed by atoms with E-state index >= 15 is 0 Å². The van der Waals surface area contributed by atoms with Crippen LogP contribution in [0.25, 0.3) is 16.7 Å². The van der Waals surface area contributed by atoms with Crippen molar-refractivity contribution < 1.29 is 4.79 Å². The molecule has 1 heteroatoms. The zero-order valence-corrected chi connectivity index (χ0v) is 19.0. The summed E-state index contributed by atoms with van der Waals surface area (Å²) in [4.78, 5) is 12.0. The lowest BCUT2D eigenvalue weighted by atomic mass is 9.91. The van der Waals surface area contributed by atoms with Gasteiger partial charge in [0.25, 0.3) is 0 Å². The first-order valence-electron chi connectivity index (χ1n) is 11.4. The summed E-state index contributed by atoms with van der Waals surface area (Å²) in [5.41, 5.74) is 11.4. The maximum atomic E-state index is 12.0. The topological polar surface area (TPSA) is 17.1 Å². The van der Waals surface area contributed by atoms with E-state index in [0.717, 1.165) is 29.9 Å². The average Bonchev–Trinajstić information content (AvgIpc) is 3.27. The predicted molar refractivity (Wildman–Crippen MR) is 126 cm³/mol. The van der Waals surface area contributed by atoms with Crippen LogP contribution in [0.4, 0.5) is 0 Å². The van der Waals surface area contributed by atoms with Gasteiger partial charge in [0, 0.05) is 12.0 Å². The van der Waals surface area contributed by atoms with E-state index in [1.54, 1.807) is 0 Å². The Morgan fingerprint density at radius 1 is 1.00 bits per heavy atom. The van der Waals surface area contributed by atoms with E-state index in [4.69, 9.17) is 0 Å². The van der Waals surface area contributed by atoms with Crippen LogP contribution in [0.5, 0.6) is 0 Å². The largest absolute Gasteiger partial charge is 0.294 e. The van der Waals surface area contributed by atoms with Crippen molar-refractivity contribution in [1.82, 2.24) is 0 Å². The van der Waals surface area contributed by atoms with Gasteiger partial charge in [-0.2, -0.15) is 0 Å². The lowest BCUT2D eigenvalue weighted by Gasteiger charge is -2.13. The summed E-state index contributed by atoms with van der Waals surface area (Å²) < 4.78 is 0. The minimum absolute atomic E-state index is 0.301. The normalized spacial score (nSPS) is 13.7. The molecule has 0 unspecified atom stereocenters. The second-order valence-corrected chi connectivity index (χ2v) is 8.76. The predicted octanol–water partition coefficient (Wildman–Crippen LogP) is 7.95. The van der Waals surface area contributed by atoms with Crippen LogP contribution in [-0.4, -0.2) is 5.78 Å². The number of rotatable bonds is 5. The third-order valence-electron chi connectivity index (χ3n) is 6.75. The highest BCUT2D eigenvalue weighted by molar-refractivity contribution is 6.04. The number of carbonyl (C=O) groups excluding carboxylic acids is 1. The lowest BCUT2D eigenvalue weighted by Crippen LogP contribution is -1.94. The summed E-state index contributed by atoms with van der Waals surface area (Å²) >= 11 is 0. The average molecular weight is 389 g/mol. The Hall–Kier alpha value is -2.15. The molecule has 0 bridgehead atoms. The van der Waals surface area contributed by atoms with Crippen LogP contribution in [0.3, 0.4) is 0 Å². The van der Waals surface area contributed by atoms with Crippen LogP contribution >= 0.6 is 0 Å². The fraction of sp³-hybridized carbons (Fsp3) is 0.464. The molecule has 0 fully saturated rings. The first-order chi connectivity index (χ1) is 13.9. The highest BCUT2D eigenvalue weighted by Gasteiger charge is 2.30. The molecule has 0 aliphatic heterocycles. The molecule has 0 radical (unpaired) electrons. The van der Waals surface area contributed by atoms with E-state index < -0.39 is 0 Å². The molecule has 0 saturated heterocycles. The molecule has 4 rings (SSSR count). The third-order valence-corrected chi connectivity index (χ3v) is 6.75. The Kier molecular flexibility index (Phi) is 6.77. The molecule has 2 aromatic carbocycles. The molecule has 0 saturated carbocycles. The number of aryl methyl sites for hydroxylation is 1. The second-order valence-electron chi connectivity index (χ2n) is 8.76. The van der Waals surface area contributed by atoms with Crippen LogP contribution in [0.15, 0.2) is 30.8 Å². The van der Waals surface area contributed by atoms with Crippen molar-refractivity contribution in [2.45, 2.75) is 79.6 Å². The van der Waals surface area contributed by atoms with E-state index in [-0.39, 0.29) is 0 Å². The monoisotopic (exact) mass is 388 g/mol. The Morgan fingerprint density at radius 2 is 1.72 bits per heavy atom. The van der Waals surface area contributed by atoms with Crippen molar-refractivity contribution in [2.75, 3.05) is 0 Å². The standard InChI is InChI=1S/C20H18O.C8H18/c1-11(2)14-6-4-12(3)19-17(14)10-13-5-7-15-16(20(13)19)8-9-18(15)21;1-4-7-8(5-2)6-3/h4-7H,1,8-10H2,2-3H3;8H,4-7H2,1-3H3. The lowest BCUT2D eigenvalue weighted by molar-refractivity contribution is 0.0994. The van der Waals surface area contributed by atoms with Crippen LogP contribution in [-0.2, 0) is 12.8 Å². The summed E-state index contributed by atoms with van der Waals surface area (Å²) in [6.07, 6.45) is 8.04. The van der Waals surface area contributed by atoms with Crippen molar-refractivity contribution in [3.05, 3.63) is 64.2 Å². The van der Waals surface area contributed by atoms with E-state index in [0.29, 0.717) is 12.2 Å². The van der Waals surface area contributed by atoms with Gasteiger partial charge in [0.15, 0.2) is 5.78 Å². The fourth-order valence-corrected chi connectivity index (χ4v) is 5.04. The summed E-state index contributed by atoms with van der Waals surface area (Å²) in [5.74, 6) is 1.30. The molecule has 1 nitrogen and oxygen atoms in total. The molecule has 0 spiro atoms. The molecule has 0 amide bonds. The van der Waals surface area contributed by atoms with Crippen molar-refractivity contribution in [3.63, 3.8) is 0 Å². The third kappa shape index (κ3) is 4.10. The van der Waals surface area contributed by atoms with Gasteiger partial charge in [0.2, 0.25) is 0 Å². The number of fused-ring (bicyclic) bond motifs is 5. The number of hydrogen-bond donors (Lipinski definition) is 0. The van der Waals surface area contributed by atoms with Gasteiger partial charge in [-0.15, -0.1) is 0 Å². The van der Waals surface area contributed by atoms with Gasteiger partial charge in [-0.1, -0.05) is 82.9 Å². The van der Waals surface area contributed by atoms with Crippen molar-refractivity contribution in [2.24, 2.45) is 5.92 Å². The van der Waals surface area contributed by atoms with Gasteiger partial charge in [0.05, 0.1) is 0 Å². The number of carbonyl (C=O) groups is 1. The second kappa shape index (κ2) is 9.11. The van der Waals surface area contributed by atoms with Gasteiger partial charge in [-0.3, -0.25) is 4.79 Å². The Bertz CT molecular complexity index is 928. The van der Waals surface area contributed by atoms with Crippen molar-refractivity contribution in [1.29, 1.82) is 0 Å². The fourth-order valence-electron chi connectivity index (χ4n) is 5.04. The van der Waals surface area contributed by atoms with Gasteiger partial charge >= 0.3 is 0 Å². The number of allylic oxidation sites excluding steroid dienone is 1. The molecule has 0 N–H and O–H groups in total. The number of Topliss-reactive ketones (excluding diaryl/α,β-unsaturated/α-hetero) is 1. The van der Waals surface area contributed by atoms with Crippen molar-refractivity contribution in [3.8, 4) is 11.1 Å². The molecular weight excluding hydrogens is 352 g/mol. The number of benzene rings is 2. The molecular formula is C28H36O. The summed E-state index contributed by atoms with van der Waals surface area (Å²) in [5, 5.41) is 0. The van der Waals surface area contributed by atoms with Gasteiger partial charge in [-0.05, 0) is 71.6 Å². The summed E-state index contributed by atoms with van der Waals surface area (Å²) in [6, 6.07) is 8.56.